The van der Waals surface area contributed by atoms with Crippen molar-refractivity contribution in [3.63, 3.8) is 0 Å². The summed E-state index contributed by atoms with van der Waals surface area (Å²) in [6.07, 6.45) is -0.0468. The van der Waals surface area contributed by atoms with E-state index in [0.29, 0.717) is 5.56 Å². The molecular weight excluding hydrogens is 354 g/mol. The van der Waals surface area contributed by atoms with Crippen molar-refractivity contribution in [3.8, 4) is 6.07 Å². The smallest absolute Gasteiger partial charge is 0.349 e. The molecule has 1 amide bonds. The zero-order valence-corrected chi connectivity index (χ0v) is 14.6. The molecule has 0 heterocycles. The van der Waals surface area contributed by atoms with Gasteiger partial charge in [-0.15, -0.1) is 0 Å². The lowest BCUT2D eigenvalue weighted by atomic mass is 10.1. The third-order valence-electron chi connectivity index (χ3n) is 3.59. The minimum Gasteiger partial charge on any atom is -0.448 e. The van der Waals surface area contributed by atoms with Crippen LogP contribution in [0.15, 0.2) is 48.0 Å². The van der Waals surface area contributed by atoms with Gasteiger partial charge in [-0.1, -0.05) is 35.9 Å². The van der Waals surface area contributed by atoms with Gasteiger partial charge in [0, 0.05) is 0 Å². The van der Waals surface area contributed by atoms with Gasteiger partial charge in [0.05, 0.1) is 0 Å². The first-order valence-electron chi connectivity index (χ1n) is 7.96. The van der Waals surface area contributed by atoms with Crippen LogP contribution in [0.3, 0.4) is 0 Å². The Kier molecular flexibility index (Phi) is 6.39. The van der Waals surface area contributed by atoms with Crippen LogP contribution in [0.5, 0.6) is 0 Å². The summed E-state index contributed by atoms with van der Waals surface area (Å²) in [6.45, 7) is 3.12. The molecule has 5 nitrogen and oxygen atoms in total. The summed E-state index contributed by atoms with van der Waals surface area (Å²) in [5.41, 5.74) is 0.676. The number of hydrogen-bond acceptors (Lipinski definition) is 4. The Labute approximate surface area is 154 Å². The van der Waals surface area contributed by atoms with Crippen LogP contribution < -0.4 is 5.32 Å². The average molecular weight is 370 g/mol. The number of aryl methyl sites for hydroxylation is 1. The first-order valence-corrected chi connectivity index (χ1v) is 7.96. The highest BCUT2D eigenvalue weighted by Crippen LogP contribution is 2.18. The van der Waals surface area contributed by atoms with Gasteiger partial charge in [0.2, 0.25) is 0 Å². The molecule has 0 aromatic heterocycles. The number of anilines is 1. The van der Waals surface area contributed by atoms with Crippen LogP contribution in [0.4, 0.5) is 14.5 Å². The van der Waals surface area contributed by atoms with Crippen LogP contribution >= 0.6 is 0 Å². The maximum atomic E-state index is 13.6. The predicted molar refractivity (Wildman–Crippen MR) is 95.3 cm³/mol. The largest absolute Gasteiger partial charge is 0.448 e. The van der Waals surface area contributed by atoms with E-state index in [0.717, 1.165) is 23.8 Å². The van der Waals surface area contributed by atoms with Gasteiger partial charge >= 0.3 is 5.97 Å². The minimum absolute atomic E-state index is 0.310. The van der Waals surface area contributed by atoms with E-state index in [1.165, 1.54) is 13.0 Å². The molecule has 0 aliphatic rings. The number of nitrogens with zero attached hydrogens (tertiary/aromatic N) is 1. The number of halogens is 2. The van der Waals surface area contributed by atoms with E-state index >= 15 is 0 Å². The van der Waals surface area contributed by atoms with Gasteiger partial charge in [-0.2, -0.15) is 5.26 Å². The molecule has 1 N–H and O–H groups in total. The number of ether oxygens (including phenoxy) is 1. The Hall–Kier alpha value is -3.53. The Balaban J connectivity index is 2.08. The van der Waals surface area contributed by atoms with E-state index in [1.807, 2.05) is 24.4 Å². The molecule has 0 saturated carbocycles. The van der Waals surface area contributed by atoms with E-state index in [9.17, 15) is 18.4 Å². The van der Waals surface area contributed by atoms with Crippen molar-refractivity contribution in [1.82, 2.24) is 0 Å². The number of benzene rings is 2. The molecule has 0 spiro atoms. The van der Waals surface area contributed by atoms with Gasteiger partial charge in [0.15, 0.2) is 6.10 Å². The summed E-state index contributed by atoms with van der Waals surface area (Å²) in [7, 11) is 0. The van der Waals surface area contributed by atoms with Crippen LogP contribution in [0, 0.1) is 29.9 Å². The van der Waals surface area contributed by atoms with E-state index in [-0.39, 0.29) is 5.57 Å². The second kappa shape index (κ2) is 8.72. The number of hydrogen-bond donors (Lipinski definition) is 1. The summed E-state index contributed by atoms with van der Waals surface area (Å²) >= 11 is 0. The van der Waals surface area contributed by atoms with E-state index in [2.05, 4.69) is 0 Å². The molecule has 0 bridgehead atoms. The molecule has 2 aromatic rings. The number of rotatable bonds is 5. The second-order valence-corrected chi connectivity index (χ2v) is 5.71. The van der Waals surface area contributed by atoms with Crippen LogP contribution in [0.1, 0.15) is 18.1 Å². The highest BCUT2D eigenvalue weighted by molar-refractivity contribution is 6.01. The lowest BCUT2D eigenvalue weighted by molar-refractivity contribution is -0.148. The summed E-state index contributed by atoms with van der Waals surface area (Å²) < 4.78 is 32.1. The molecular formula is C20H16F2N2O3. The third kappa shape index (κ3) is 5.22. The SMILES string of the molecule is Cc1ccc(/C=C(\C#N)C(=O)O[C@H](C)C(=O)Nc2c(F)cccc2F)cc1. The van der Waals surface area contributed by atoms with Crippen molar-refractivity contribution in [2.24, 2.45) is 0 Å². The fourth-order valence-electron chi connectivity index (χ4n) is 2.09. The summed E-state index contributed by atoms with van der Waals surface area (Å²) in [6, 6.07) is 11.9. The normalized spacial score (nSPS) is 12.0. The van der Waals surface area contributed by atoms with Crippen LogP contribution in [0.2, 0.25) is 0 Å². The number of carbonyl (C=O) groups excluding carboxylic acids is 2. The number of nitriles is 1. The summed E-state index contributed by atoms with van der Waals surface area (Å²) in [4.78, 5) is 24.1. The minimum atomic E-state index is -1.37. The highest BCUT2D eigenvalue weighted by Gasteiger charge is 2.22. The lowest BCUT2D eigenvalue weighted by Gasteiger charge is -2.14. The van der Waals surface area contributed by atoms with Crippen molar-refractivity contribution < 1.29 is 23.1 Å². The standard InChI is InChI=1S/C20H16F2N2O3/c1-12-6-8-14(9-7-12)10-15(11-23)20(26)27-13(2)19(25)24-18-16(21)4-3-5-17(18)22/h3-10,13H,1-2H3,(H,24,25)/b15-10+/t13-/m1/s1. The maximum Gasteiger partial charge on any atom is 0.349 e. The summed E-state index contributed by atoms with van der Waals surface area (Å²) in [5.74, 6) is -3.87. The van der Waals surface area contributed by atoms with Crippen molar-refractivity contribution in [1.29, 1.82) is 5.26 Å². The van der Waals surface area contributed by atoms with Gasteiger partial charge in [0.25, 0.3) is 5.91 Å². The lowest BCUT2D eigenvalue weighted by Crippen LogP contribution is -2.31. The molecule has 0 radical (unpaired) electrons. The van der Waals surface area contributed by atoms with Crippen molar-refractivity contribution in [2.75, 3.05) is 5.32 Å². The number of para-hydroxylation sites is 1. The maximum absolute atomic E-state index is 13.6. The molecule has 0 aliphatic carbocycles. The molecule has 1 atom stereocenters. The zero-order chi connectivity index (χ0) is 20.0. The Morgan fingerprint density at radius 3 is 2.30 bits per heavy atom. The number of carbonyl (C=O) groups is 2. The number of esters is 1. The molecule has 2 aromatic carbocycles. The monoisotopic (exact) mass is 370 g/mol. The molecule has 7 heteroatoms. The van der Waals surface area contributed by atoms with Crippen LogP contribution in [-0.2, 0) is 14.3 Å². The predicted octanol–water partition coefficient (Wildman–Crippen LogP) is 3.75. The summed E-state index contributed by atoms with van der Waals surface area (Å²) in [5, 5.41) is 11.2. The number of amides is 1. The molecule has 0 fully saturated rings. The van der Waals surface area contributed by atoms with Gasteiger partial charge < -0.3 is 10.1 Å². The quantitative estimate of drug-likeness (QED) is 0.494. The Morgan fingerprint density at radius 1 is 1.15 bits per heavy atom. The molecule has 138 valence electrons. The van der Waals surface area contributed by atoms with Crippen molar-refractivity contribution in [2.45, 2.75) is 20.0 Å². The topological polar surface area (TPSA) is 79.2 Å². The fourth-order valence-corrected chi connectivity index (χ4v) is 2.09. The third-order valence-corrected chi connectivity index (χ3v) is 3.59. The van der Waals surface area contributed by atoms with E-state index in [1.54, 1.807) is 18.2 Å². The van der Waals surface area contributed by atoms with Crippen molar-refractivity contribution >= 4 is 23.6 Å². The first kappa shape index (κ1) is 19.8. The van der Waals surface area contributed by atoms with E-state index < -0.39 is 35.3 Å². The Morgan fingerprint density at radius 2 is 1.74 bits per heavy atom. The first-order chi connectivity index (χ1) is 12.8. The number of nitrogens with one attached hydrogen (secondary N) is 1. The zero-order valence-electron chi connectivity index (χ0n) is 14.6. The second-order valence-electron chi connectivity index (χ2n) is 5.71. The van der Waals surface area contributed by atoms with Crippen LogP contribution in [-0.4, -0.2) is 18.0 Å². The van der Waals surface area contributed by atoms with Gasteiger partial charge in [-0.3, -0.25) is 4.79 Å². The van der Waals surface area contributed by atoms with Gasteiger partial charge in [-0.25, -0.2) is 13.6 Å². The molecule has 27 heavy (non-hydrogen) atoms. The fraction of sp³-hybridized carbons (Fsp3) is 0.150. The van der Waals surface area contributed by atoms with Gasteiger partial charge in [0.1, 0.15) is 29.0 Å². The molecule has 0 unspecified atom stereocenters. The average Bonchev–Trinajstić information content (AvgIpc) is 2.64. The molecule has 0 saturated heterocycles. The van der Waals surface area contributed by atoms with E-state index in [4.69, 9.17) is 10.00 Å². The highest BCUT2D eigenvalue weighted by atomic mass is 19.1. The molecule has 2 rings (SSSR count). The van der Waals surface area contributed by atoms with Crippen molar-refractivity contribution in [3.05, 3.63) is 70.8 Å². The molecule has 0 aliphatic heterocycles. The van der Waals surface area contributed by atoms with Crippen LogP contribution in [0.25, 0.3) is 6.08 Å². The van der Waals surface area contributed by atoms with Gasteiger partial charge in [-0.05, 0) is 37.6 Å². The Bertz CT molecular complexity index is 911.